The quantitative estimate of drug-likeness (QED) is 0.104. The molecule has 1 atom stereocenters. The summed E-state index contributed by atoms with van der Waals surface area (Å²) in [5, 5.41) is 5.45. The molecule has 0 bridgehead atoms. The molecule has 1 saturated heterocycles. The van der Waals surface area contributed by atoms with Gasteiger partial charge in [-0.2, -0.15) is 0 Å². The molecular formula is C31H43ClN4O6S. The van der Waals surface area contributed by atoms with Crippen molar-refractivity contribution < 1.29 is 27.5 Å². The van der Waals surface area contributed by atoms with Crippen LogP contribution in [0.3, 0.4) is 0 Å². The highest BCUT2D eigenvalue weighted by atomic mass is 35.5. The molecule has 0 unspecified atom stereocenters. The van der Waals surface area contributed by atoms with E-state index in [-0.39, 0.29) is 23.6 Å². The van der Waals surface area contributed by atoms with Crippen LogP contribution in [0.5, 0.6) is 5.75 Å². The third kappa shape index (κ3) is 11.0. The van der Waals surface area contributed by atoms with E-state index in [0.29, 0.717) is 36.5 Å². The number of methoxy groups -OCH3 is 1. The molecule has 5 rings (SSSR count). The standard InChI is InChI=1S/C16H26N2O2.C11H10ClNO.C4H7NO3S/c1-3-4-5-6-12-20-13(2)18-11-7-8-15(18)16(19)17-14-9-10-14;1-7-10-4-3-9(14-2)5-8(10)6-11(12)13-7;6-3-5-9(7,8)4-1-2-4/h3,14-15H,1-2,4-12H2,(H,17,19);3-6H,1-2H3;3-4H,1-2H2,(H,5,6)/t15-;;/m0../s1. The van der Waals surface area contributed by atoms with E-state index >= 15 is 0 Å². The summed E-state index contributed by atoms with van der Waals surface area (Å²) in [6.07, 6.45) is 10.8. The predicted molar refractivity (Wildman–Crippen MR) is 169 cm³/mol. The van der Waals surface area contributed by atoms with Crippen LogP contribution < -0.4 is 14.8 Å². The summed E-state index contributed by atoms with van der Waals surface area (Å²) in [4.78, 5) is 28.0. The summed E-state index contributed by atoms with van der Waals surface area (Å²) in [6.45, 7) is 11.2. The van der Waals surface area contributed by atoms with Gasteiger partial charge in [-0.25, -0.2) is 13.4 Å². The number of carbonyl (C=O) groups excluding carboxylic acids is 2. The van der Waals surface area contributed by atoms with Gasteiger partial charge >= 0.3 is 0 Å². The third-order valence-electron chi connectivity index (χ3n) is 7.24. The molecule has 2 saturated carbocycles. The first-order valence-electron chi connectivity index (χ1n) is 14.6. The van der Waals surface area contributed by atoms with Crippen molar-refractivity contribution in [2.45, 2.75) is 82.0 Å². The van der Waals surface area contributed by atoms with Crippen LogP contribution in [0.25, 0.3) is 10.8 Å². The number of hydrogen-bond acceptors (Lipinski definition) is 8. The van der Waals surface area contributed by atoms with Gasteiger partial charge in [-0.05, 0) is 101 Å². The fourth-order valence-corrected chi connectivity index (χ4v) is 5.89. The van der Waals surface area contributed by atoms with Crippen LogP contribution in [0, 0.1) is 6.92 Å². The Bertz CT molecular complexity index is 1380. The number of amides is 2. The Morgan fingerprint density at radius 2 is 1.93 bits per heavy atom. The second-order valence-electron chi connectivity index (χ2n) is 10.8. The average molecular weight is 635 g/mol. The number of likely N-dealkylation sites (tertiary alicyclic amines) is 1. The minimum Gasteiger partial charge on any atom is -0.497 e. The minimum atomic E-state index is -3.26. The number of halogens is 1. The molecule has 3 fully saturated rings. The van der Waals surface area contributed by atoms with E-state index in [4.69, 9.17) is 21.1 Å². The van der Waals surface area contributed by atoms with E-state index < -0.39 is 10.0 Å². The van der Waals surface area contributed by atoms with E-state index in [1.165, 1.54) is 0 Å². The molecule has 43 heavy (non-hydrogen) atoms. The Morgan fingerprint density at radius 1 is 1.19 bits per heavy atom. The van der Waals surface area contributed by atoms with Crippen molar-refractivity contribution in [3.05, 3.63) is 60.2 Å². The molecule has 0 spiro atoms. The number of nitrogens with one attached hydrogen (secondary N) is 2. The summed E-state index contributed by atoms with van der Waals surface area (Å²) in [5.74, 6) is 1.62. The lowest BCUT2D eigenvalue weighted by Crippen LogP contribution is -2.43. The van der Waals surface area contributed by atoms with E-state index in [1.807, 2.05) is 42.2 Å². The zero-order valence-corrected chi connectivity index (χ0v) is 26.6. The number of sulfonamides is 1. The lowest BCUT2D eigenvalue weighted by molar-refractivity contribution is -0.125. The number of rotatable bonds is 13. The highest BCUT2D eigenvalue weighted by molar-refractivity contribution is 7.90. The number of hydrogen-bond donors (Lipinski definition) is 2. The first-order chi connectivity index (χ1) is 20.6. The van der Waals surface area contributed by atoms with Gasteiger partial charge in [0.25, 0.3) is 0 Å². The number of pyridine rings is 1. The van der Waals surface area contributed by atoms with Crippen molar-refractivity contribution >= 4 is 44.7 Å². The van der Waals surface area contributed by atoms with Crippen molar-refractivity contribution in [2.24, 2.45) is 0 Å². The number of nitrogens with zero attached hydrogens (tertiary/aromatic N) is 2. The predicted octanol–water partition coefficient (Wildman–Crippen LogP) is 5.00. The highest BCUT2D eigenvalue weighted by Gasteiger charge is 2.36. The molecule has 1 aromatic carbocycles. The number of allylic oxidation sites excluding steroid dienone is 1. The number of fused-ring (bicyclic) bond motifs is 1. The first kappa shape index (κ1) is 34.2. The van der Waals surface area contributed by atoms with Crippen LogP contribution >= 0.6 is 11.6 Å². The summed E-state index contributed by atoms with van der Waals surface area (Å²) in [6, 6.07) is 8.04. The number of carbonyl (C=O) groups is 2. The Kier molecular flexibility index (Phi) is 13.1. The van der Waals surface area contributed by atoms with Gasteiger partial charge in [0, 0.05) is 23.7 Å². The van der Waals surface area contributed by atoms with Gasteiger partial charge in [-0.3, -0.25) is 14.3 Å². The Balaban J connectivity index is 0.000000191. The van der Waals surface area contributed by atoms with Crippen molar-refractivity contribution in [2.75, 3.05) is 20.3 Å². The summed E-state index contributed by atoms with van der Waals surface area (Å²) >= 11 is 5.87. The largest absolute Gasteiger partial charge is 0.497 e. The zero-order valence-electron chi connectivity index (χ0n) is 25.0. The molecule has 2 N–H and O–H groups in total. The van der Waals surface area contributed by atoms with Crippen molar-refractivity contribution in [1.29, 1.82) is 0 Å². The zero-order chi connectivity index (χ0) is 31.4. The van der Waals surface area contributed by atoms with E-state index in [0.717, 1.165) is 73.7 Å². The Labute approximate surface area is 259 Å². The lowest BCUT2D eigenvalue weighted by atomic mass is 10.1. The van der Waals surface area contributed by atoms with E-state index in [1.54, 1.807) is 11.8 Å². The molecule has 1 aromatic heterocycles. The molecule has 0 radical (unpaired) electrons. The van der Waals surface area contributed by atoms with Gasteiger partial charge in [-0.15, -0.1) is 6.58 Å². The maximum atomic E-state index is 12.2. The Hall–Kier alpha value is -3.31. The monoisotopic (exact) mass is 634 g/mol. The van der Waals surface area contributed by atoms with Crippen molar-refractivity contribution in [3.8, 4) is 5.75 Å². The summed E-state index contributed by atoms with van der Waals surface area (Å²) in [5.41, 5.74) is 0.940. The fraction of sp³-hybridized carbons (Fsp3) is 0.516. The fourth-order valence-electron chi connectivity index (χ4n) is 4.57. The second kappa shape index (κ2) is 16.5. The van der Waals surface area contributed by atoms with Gasteiger partial charge in [0.15, 0.2) is 5.88 Å². The number of aryl methyl sites for hydroxylation is 1. The third-order valence-corrected chi connectivity index (χ3v) is 9.21. The van der Waals surface area contributed by atoms with Gasteiger partial charge in [0.1, 0.15) is 16.9 Å². The van der Waals surface area contributed by atoms with Crippen molar-refractivity contribution in [3.63, 3.8) is 0 Å². The molecule has 2 amide bonds. The molecule has 236 valence electrons. The van der Waals surface area contributed by atoms with Gasteiger partial charge in [0.05, 0.1) is 19.0 Å². The first-order valence-corrected chi connectivity index (χ1v) is 16.6. The molecule has 3 aliphatic rings. The maximum absolute atomic E-state index is 12.2. The van der Waals surface area contributed by atoms with Crippen LogP contribution in [-0.2, 0) is 24.3 Å². The van der Waals surface area contributed by atoms with Crippen molar-refractivity contribution in [1.82, 2.24) is 19.9 Å². The highest BCUT2D eigenvalue weighted by Crippen LogP contribution is 2.27. The minimum absolute atomic E-state index is 0.0868. The smallest absolute Gasteiger partial charge is 0.243 e. The number of unbranched alkanes of at least 4 members (excludes halogenated alkanes) is 2. The van der Waals surface area contributed by atoms with Crippen LogP contribution in [0.15, 0.2) is 49.4 Å². The number of aromatic nitrogens is 1. The van der Waals surface area contributed by atoms with Gasteiger partial charge in [0.2, 0.25) is 22.3 Å². The molecule has 1 aliphatic heterocycles. The maximum Gasteiger partial charge on any atom is 0.243 e. The summed E-state index contributed by atoms with van der Waals surface area (Å²) in [7, 11) is -1.61. The summed E-state index contributed by atoms with van der Waals surface area (Å²) < 4.78 is 33.9. The van der Waals surface area contributed by atoms with E-state index in [9.17, 15) is 18.0 Å². The molecular weight excluding hydrogens is 592 g/mol. The second-order valence-corrected chi connectivity index (χ2v) is 13.1. The van der Waals surface area contributed by atoms with Gasteiger partial charge in [-0.1, -0.05) is 17.7 Å². The molecule has 2 heterocycles. The van der Waals surface area contributed by atoms with Gasteiger partial charge < -0.3 is 19.7 Å². The lowest BCUT2D eigenvalue weighted by Gasteiger charge is -2.27. The van der Waals surface area contributed by atoms with Crippen LogP contribution in [0.4, 0.5) is 0 Å². The molecule has 10 nitrogen and oxygen atoms in total. The molecule has 12 heteroatoms. The van der Waals surface area contributed by atoms with Crippen LogP contribution in [0.1, 0.15) is 63.5 Å². The Morgan fingerprint density at radius 3 is 2.56 bits per heavy atom. The SMILES string of the molecule is C=CCCCCOC(=C)N1CCC[C@H]1C(=O)NC1CC1.COc1ccc2c(C)nc(Cl)cc2c1.O=CNS(=O)(=O)C1CC1. The normalized spacial score (nSPS) is 17.5. The average Bonchev–Trinajstić information content (AvgIpc) is 3.92. The van der Waals surface area contributed by atoms with E-state index in [2.05, 4.69) is 23.5 Å². The van der Waals surface area contributed by atoms with Crippen LogP contribution in [0.2, 0.25) is 5.15 Å². The molecule has 2 aliphatic carbocycles. The topological polar surface area (TPSA) is 127 Å². The molecule has 2 aromatic rings. The number of benzene rings is 1. The number of ether oxygens (including phenoxy) is 2. The van der Waals surface area contributed by atoms with Crippen LogP contribution in [-0.4, -0.2) is 68.2 Å².